The number of ether oxygens (including phenoxy) is 1. The Morgan fingerprint density at radius 1 is 1.15 bits per heavy atom. The molecule has 3 heterocycles. The van der Waals surface area contributed by atoms with Crippen molar-refractivity contribution >= 4 is 46.5 Å². The van der Waals surface area contributed by atoms with Gasteiger partial charge in [0.1, 0.15) is 11.8 Å². The molecule has 0 aliphatic carbocycles. The largest absolute Gasteiger partial charge is 0.504 e. The second kappa shape index (κ2) is 8.65. The lowest BCUT2D eigenvalue weighted by molar-refractivity contribution is -0.126. The van der Waals surface area contributed by atoms with Crippen molar-refractivity contribution in [1.29, 1.82) is 0 Å². The number of nitrogens with zero attached hydrogens (tertiary/aromatic N) is 1. The van der Waals surface area contributed by atoms with Gasteiger partial charge >= 0.3 is 4.87 Å². The molecule has 3 unspecified atom stereocenters. The van der Waals surface area contributed by atoms with Crippen LogP contribution < -0.4 is 20.2 Å². The van der Waals surface area contributed by atoms with E-state index in [0.29, 0.717) is 21.2 Å². The molecular weight excluding hydrogens is 478 g/mol. The third-order valence-electron chi connectivity index (χ3n) is 5.81. The number of hydrogen-bond acceptors (Lipinski definition) is 8. The standard InChI is InChI=1S/C23H19N3O6S2/c1-32-14-9-11(7-8-13(14)27)16-17-18(21(30)25-20(17)29)33-22-19(16)34-23(31)26(22)10-15(28)24-12-5-3-2-4-6-12/h2-9,16-18,27H,10H2,1H3,(H,24,28)(H,25,29,30). The number of benzene rings is 2. The number of aromatic hydroxyl groups is 1. The molecule has 1 aromatic heterocycles. The number of methoxy groups -OCH3 is 1. The van der Waals surface area contributed by atoms with Gasteiger partial charge in [-0.3, -0.25) is 29.1 Å². The number of amides is 3. The zero-order valence-electron chi connectivity index (χ0n) is 17.8. The molecule has 34 heavy (non-hydrogen) atoms. The summed E-state index contributed by atoms with van der Waals surface area (Å²) in [4.78, 5) is 51.2. The van der Waals surface area contributed by atoms with Crippen LogP contribution in [0.1, 0.15) is 16.4 Å². The Morgan fingerprint density at radius 3 is 2.65 bits per heavy atom. The number of thioether (sulfide) groups is 1. The minimum atomic E-state index is -0.748. The van der Waals surface area contributed by atoms with Crippen LogP contribution in [0.5, 0.6) is 11.5 Å². The first-order valence-electron chi connectivity index (χ1n) is 10.3. The SMILES string of the molecule is COc1cc(C2c3sc(=O)n(CC(=O)Nc4ccccc4)c3SC3C(=O)NC(=O)C32)ccc1O. The van der Waals surface area contributed by atoms with Gasteiger partial charge in [-0.1, -0.05) is 47.4 Å². The summed E-state index contributed by atoms with van der Waals surface area (Å²) in [5, 5.41) is 14.9. The fourth-order valence-corrected chi connectivity index (χ4v) is 7.03. The number of rotatable bonds is 5. The van der Waals surface area contributed by atoms with Gasteiger partial charge in [-0.15, -0.1) is 0 Å². The molecule has 11 heteroatoms. The van der Waals surface area contributed by atoms with Crippen molar-refractivity contribution < 1.29 is 24.2 Å². The Bertz CT molecular complexity index is 1370. The molecule has 3 atom stereocenters. The molecule has 2 aliphatic heterocycles. The highest BCUT2D eigenvalue weighted by atomic mass is 32.2. The highest BCUT2D eigenvalue weighted by Crippen LogP contribution is 2.52. The molecule has 1 fully saturated rings. The zero-order chi connectivity index (χ0) is 24.0. The summed E-state index contributed by atoms with van der Waals surface area (Å²) in [7, 11) is 1.41. The maximum absolute atomic E-state index is 13.0. The quantitative estimate of drug-likeness (QED) is 0.461. The van der Waals surface area contributed by atoms with Crippen LogP contribution >= 0.6 is 23.1 Å². The van der Waals surface area contributed by atoms with Crippen LogP contribution in [0, 0.1) is 5.92 Å². The molecule has 1 saturated heterocycles. The highest BCUT2D eigenvalue weighted by molar-refractivity contribution is 8.00. The molecule has 0 radical (unpaired) electrons. The number of carbonyl (C=O) groups is 3. The van der Waals surface area contributed by atoms with E-state index in [1.54, 1.807) is 36.4 Å². The average Bonchev–Trinajstić information content (AvgIpc) is 3.28. The Labute approximate surface area is 201 Å². The molecule has 174 valence electrons. The fourth-order valence-electron chi connectivity index (χ4n) is 4.29. The van der Waals surface area contributed by atoms with E-state index in [-0.39, 0.29) is 28.8 Å². The van der Waals surface area contributed by atoms with E-state index in [1.165, 1.54) is 17.7 Å². The second-order valence-corrected chi connectivity index (χ2v) is 9.99. The summed E-state index contributed by atoms with van der Waals surface area (Å²) < 4.78 is 6.57. The predicted molar refractivity (Wildman–Crippen MR) is 126 cm³/mol. The molecule has 3 amide bonds. The number of phenols is 1. The van der Waals surface area contributed by atoms with Crippen molar-refractivity contribution in [2.45, 2.75) is 22.7 Å². The van der Waals surface area contributed by atoms with Gasteiger partial charge in [0.2, 0.25) is 17.7 Å². The Morgan fingerprint density at radius 2 is 1.91 bits per heavy atom. The summed E-state index contributed by atoms with van der Waals surface area (Å²) in [6.07, 6.45) is 0. The maximum atomic E-state index is 13.0. The first-order chi connectivity index (χ1) is 16.4. The van der Waals surface area contributed by atoms with Gasteiger partial charge < -0.3 is 15.2 Å². The lowest BCUT2D eigenvalue weighted by Gasteiger charge is -2.31. The van der Waals surface area contributed by atoms with Crippen molar-refractivity contribution in [3.63, 3.8) is 0 Å². The number of thiazole rings is 1. The number of hydrogen-bond donors (Lipinski definition) is 3. The molecular formula is C23H19N3O6S2. The van der Waals surface area contributed by atoms with Crippen LogP contribution in [0.4, 0.5) is 5.69 Å². The lowest BCUT2D eigenvalue weighted by Crippen LogP contribution is -2.32. The zero-order valence-corrected chi connectivity index (χ0v) is 19.4. The monoisotopic (exact) mass is 497 g/mol. The Balaban J connectivity index is 1.57. The number of carbonyl (C=O) groups excluding carboxylic acids is 3. The highest BCUT2D eigenvalue weighted by Gasteiger charge is 2.53. The lowest BCUT2D eigenvalue weighted by atomic mass is 9.83. The van der Waals surface area contributed by atoms with E-state index in [4.69, 9.17) is 4.74 Å². The summed E-state index contributed by atoms with van der Waals surface area (Å²) in [6.45, 7) is -0.231. The van der Waals surface area contributed by atoms with Crippen LogP contribution in [-0.2, 0) is 20.9 Å². The molecule has 3 N–H and O–H groups in total. The van der Waals surface area contributed by atoms with E-state index < -0.39 is 28.9 Å². The van der Waals surface area contributed by atoms with E-state index in [9.17, 15) is 24.3 Å². The minimum Gasteiger partial charge on any atom is -0.504 e. The Hall–Kier alpha value is -3.57. The molecule has 9 nitrogen and oxygen atoms in total. The van der Waals surface area contributed by atoms with Crippen molar-refractivity contribution in [2.24, 2.45) is 5.92 Å². The number of imide groups is 1. The topological polar surface area (TPSA) is 127 Å². The minimum absolute atomic E-state index is 0.0662. The van der Waals surface area contributed by atoms with Gasteiger partial charge in [-0.2, -0.15) is 0 Å². The van der Waals surface area contributed by atoms with Gasteiger partial charge in [-0.05, 0) is 29.8 Å². The number of nitrogens with one attached hydrogen (secondary N) is 2. The summed E-state index contributed by atoms with van der Waals surface area (Å²) >= 11 is 2.08. The van der Waals surface area contributed by atoms with Crippen LogP contribution in [0.2, 0.25) is 0 Å². The Kier molecular flexibility index (Phi) is 5.66. The molecule has 2 aromatic carbocycles. The van der Waals surface area contributed by atoms with Crippen molar-refractivity contribution in [1.82, 2.24) is 9.88 Å². The average molecular weight is 498 g/mol. The summed E-state index contributed by atoms with van der Waals surface area (Å²) in [5.74, 6) is -2.43. The number of anilines is 1. The number of para-hydroxylation sites is 1. The summed E-state index contributed by atoms with van der Waals surface area (Å²) in [6, 6.07) is 13.6. The third kappa shape index (κ3) is 3.76. The molecule has 0 bridgehead atoms. The predicted octanol–water partition coefficient (Wildman–Crippen LogP) is 2.14. The van der Waals surface area contributed by atoms with Crippen molar-refractivity contribution in [3.05, 3.63) is 68.6 Å². The normalized spacial score (nSPS) is 20.9. The van der Waals surface area contributed by atoms with Crippen LogP contribution in [0.3, 0.4) is 0 Å². The first kappa shape index (κ1) is 22.2. The van der Waals surface area contributed by atoms with Crippen LogP contribution in [0.15, 0.2) is 58.4 Å². The summed E-state index contributed by atoms with van der Waals surface area (Å²) in [5.41, 5.74) is 1.23. The van der Waals surface area contributed by atoms with Gasteiger partial charge in [0.15, 0.2) is 11.5 Å². The van der Waals surface area contributed by atoms with E-state index in [0.717, 1.165) is 23.1 Å². The van der Waals surface area contributed by atoms with Gasteiger partial charge in [0, 0.05) is 16.5 Å². The molecule has 0 spiro atoms. The van der Waals surface area contributed by atoms with Crippen LogP contribution in [0.25, 0.3) is 0 Å². The molecule has 5 rings (SSSR count). The first-order valence-corrected chi connectivity index (χ1v) is 12.0. The smallest absolute Gasteiger partial charge is 0.308 e. The molecule has 0 saturated carbocycles. The third-order valence-corrected chi connectivity index (χ3v) is 8.43. The molecule has 2 aliphatic rings. The fraction of sp³-hybridized carbons (Fsp3) is 0.217. The van der Waals surface area contributed by atoms with Crippen molar-refractivity contribution in [2.75, 3.05) is 12.4 Å². The van der Waals surface area contributed by atoms with Gasteiger partial charge in [0.05, 0.1) is 18.1 Å². The van der Waals surface area contributed by atoms with Crippen LogP contribution in [-0.4, -0.2) is 39.8 Å². The van der Waals surface area contributed by atoms with E-state index in [1.807, 2.05) is 6.07 Å². The van der Waals surface area contributed by atoms with Crippen molar-refractivity contribution in [3.8, 4) is 11.5 Å². The number of fused-ring (bicyclic) bond motifs is 2. The van der Waals surface area contributed by atoms with Gasteiger partial charge in [0.25, 0.3) is 0 Å². The van der Waals surface area contributed by atoms with E-state index >= 15 is 0 Å². The van der Waals surface area contributed by atoms with E-state index in [2.05, 4.69) is 10.6 Å². The van der Waals surface area contributed by atoms with Gasteiger partial charge in [-0.25, -0.2) is 0 Å². The molecule has 3 aromatic rings. The number of phenolic OH excluding ortho intramolecular Hbond substituents is 1. The number of aromatic nitrogens is 1. The maximum Gasteiger partial charge on any atom is 0.308 e. The second-order valence-electron chi connectivity index (χ2n) is 7.86.